The van der Waals surface area contributed by atoms with Crippen LogP contribution in [-0.2, 0) is 18.3 Å². The smallest absolute Gasteiger partial charge is 0.317 e. The third kappa shape index (κ3) is 4.09. The number of methoxy groups -OCH3 is 1. The Morgan fingerprint density at radius 2 is 2.25 bits per heavy atom. The number of aryl methyl sites for hydroxylation is 1. The van der Waals surface area contributed by atoms with Crippen LogP contribution in [0.15, 0.2) is 12.4 Å². The van der Waals surface area contributed by atoms with E-state index in [0.717, 1.165) is 12.1 Å². The molecule has 1 spiro atoms. The molecule has 0 bridgehead atoms. The van der Waals surface area contributed by atoms with E-state index in [2.05, 4.69) is 10.4 Å². The minimum absolute atomic E-state index is 0.00811. The Morgan fingerprint density at radius 1 is 1.46 bits per heavy atom. The van der Waals surface area contributed by atoms with Crippen molar-refractivity contribution in [3.05, 3.63) is 18.0 Å². The summed E-state index contributed by atoms with van der Waals surface area (Å²) in [5.41, 5.74) is 1.60. The maximum Gasteiger partial charge on any atom is 0.317 e. The highest BCUT2D eigenvalue weighted by atomic mass is 16.5. The zero-order valence-corrected chi connectivity index (χ0v) is 15.0. The van der Waals surface area contributed by atoms with Crippen molar-refractivity contribution in [3.8, 4) is 0 Å². The molecule has 2 amide bonds. The Hall–Kier alpha value is -1.56. The molecular weight excluding hydrogens is 304 g/mol. The van der Waals surface area contributed by atoms with Gasteiger partial charge in [0.15, 0.2) is 0 Å². The topological polar surface area (TPSA) is 59.4 Å². The molecule has 6 nitrogen and oxygen atoms in total. The molecule has 0 aromatic carbocycles. The molecule has 2 saturated carbocycles. The van der Waals surface area contributed by atoms with Crippen LogP contribution in [-0.4, -0.2) is 47.5 Å². The van der Waals surface area contributed by atoms with Gasteiger partial charge in [0, 0.05) is 39.0 Å². The van der Waals surface area contributed by atoms with E-state index in [-0.39, 0.29) is 6.03 Å². The van der Waals surface area contributed by atoms with Crippen LogP contribution >= 0.6 is 0 Å². The molecule has 24 heavy (non-hydrogen) atoms. The molecule has 6 heteroatoms. The Balaban J connectivity index is 1.49. The molecule has 1 aromatic heterocycles. The SMILES string of the molecule is COCCN(Cc1cnn(C)c1)C(=O)NC[C@H]1CC12CCCCC2. The fourth-order valence-corrected chi connectivity index (χ4v) is 4.14. The third-order valence-electron chi connectivity index (χ3n) is 5.69. The number of hydrogen-bond acceptors (Lipinski definition) is 3. The standard InChI is InChI=1S/C18H30N4O2/c1-21-13-15(11-20-21)14-22(8-9-24-2)17(23)19-12-16-10-18(16)6-4-3-5-7-18/h11,13,16H,3-10,12,14H2,1-2H3,(H,19,23)/t16-/m1/s1. The number of amides is 2. The first-order valence-electron chi connectivity index (χ1n) is 9.12. The zero-order chi connectivity index (χ0) is 17.0. The van der Waals surface area contributed by atoms with Gasteiger partial charge in [0.1, 0.15) is 0 Å². The van der Waals surface area contributed by atoms with Gasteiger partial charge < -0.3 is 15.0 Å². The highest BCUT2D eigenvalue weighted by Gasteiger charge is 2.53. The summed E-state index contributed by atoms with van der Waals surface area (Å²) >= 11 is 0. The predicted octanol–water partition coefficient (Wildman–Crippen LogP) is 2.55. The summed E-state index contributed by atoms with van der Waals surface area (Å²) in [5.74, 6) is 0.685. The maximum atomic E-state index is 12.6. The summed E-state index contributed by atoms with van der Waals surface area (Å²) in [6.07, 6.45) is 11.9. The van der Waals surface area contributed by atoms with Crippen molar-refractivity contribution in [3.63, 3.8) is 0 Å². The molecule has 2 aliphatic carbocycles. The van der Waals surface area contributed by atoms with Crippen molar-refractivity contribution in [2.75, 3.05) is 26.8 Å². The van der Waals surface area contributed by atoms with E-state index < -0.39 is 0 Å². The number of ether oxygens (including phenoxy) is 1. The zero-order valence-electron chi connectivity index (χ0n) is 15.0. The summed E-state index contributed by atoms with van der Waals surface area (Å²) in [6.45, 7) is 2.52. The van der Waals surface area contributed by atoms with E-state index in [1.165, 1.54) is 38.5 Å². The Labute approximate surface area is 144 Å². The van der Waals surface area contributed by atoms with Crippen LogP contribution in [0.4, 0.5) is 4.79 Å². The van der Waals surface area contributed by atoms with Crippen molar-refractivity contribution in [1.82, 2.24) is 20.0 Å². The van der Waals surface area contributed by atoms with Gasteiger partial charge >= 0.3 is 6.03 Å². The third-order valence-corrected chi connectivity index (χ3v) is 5.69. The average Bonchev–Trinajstić information content (AvgIpc) is 3.07. The summed E-state index contributed by atoms with van der Waals surface area (Å²) in [7, 11) is 3.55. The van der Waals surface area contributed by atoms with E-state index in [0.29, 0.717) is 31.0 Å². The second-order valence-electron chi connectivity index (χ2n) is 7.45. The molecule has 1 aromatic rings. The first-order valence-corrected chi connectivity index (χ1v) is 9.12. The van der Waals surface area contributed by atoms with E-state index in [1.54, 1.807) is 11.8 Å². The van der Waals surface area contributed by atoms with Gasteiger partial charge in [0.05, 0.1) is 19.3 Å². The number of nitrogens with one attached hydrogen (secondary N) is 1. The van der Waals surface area contributed by atoms with E-state index >= 15 is 0 Å². The Morgan fingerprint density at radius 3 is 2.92 bits per heavy atom. The van der Waals surface area contributed by atoms with Gasteiger partial charge in [-0.1, -0.05) is 19.3 Å². The van der Waals surface area contributed by atoms with Gasteiger partial charge in [-0.15, -0.1) is 0 Å². The van der Waals surface area contributed by atoms with Gasteiger partial charge in [0.25, 0.3) is 0 Å². The maximum absolute atomic E-state index is 12.6. The van der Waals surface area contributed by atoms with Crippen LogP contribution in [0.5, 0.6) is 0 Å². The lowest BCUT2D eigenvalue weighted by molar-refractivity contribution is 0.146. The molecule has 2 fully saturated rings. The van der Waals surface area contributed by atoms with Crippen LogP contribution in [0.1, 0.15) is 44.1 Å². The van der Waals surface area contributed by atoms with Gasteiger partial charge in [-0.2, -0.15) is 5.10 Å². The fraction of sp³-hybridized carbons (Fsp3) is 0.778. The number of urea groups is 1. The van der Waals surface area contributed by atoms with Crippen LogP contribution in [0, 0.1) is 11.3 Å². The van der Waals surface area contributed by atoms with Gasteiger partial charge in [-0.05, 0) is 30.6 Å². The van der Waals surface area contributed by atoms with E-state index in [1.807, 2.05) is 24.3 Å². The highest BCUT2D eigenvalue weighted by molar-refractivity contribution is 5.74. The van der Waals surface area contributed by atoms with Crippen molar-refractivity contribution in [2.45, 2.75) is 45.1 Å². The number of aromatic nitrogens is 2. The van der Waals surface area contributed by atoms with Crippen molar-refractivity contribution < 1.29 is 9.53 Å². The van der Waals surface area contributed by atoms with Gasteiger partial charge in [-0.3, -0.25) is 4.68 Å². The molecule has 0 unspecified atom stereocenters. The van der Waals surface area contributed by atoms with E-state index in [9.17, 15) is 4.79 Å². The summed E-state index contributed by atoms with van der Waals surface area (Å²) < 4.78 is 6.91. The molecule has 1 atom stereocenters. The monoisotopic (exact) mass is 334 g/mol. The van der Waals surface area contributed by atoms with Crippen LogP contribution in [0.3, 0.4) is 0 Å². The first kappa shape index (κ1) is 17.3. The Bertz CT molecular complexity index is 551. The molecule has 1 N–H and O–H groups in total. The lowest BCUT2D eigenvalue weighted by atomic mass is 9.84. The summed E-state index contributed by atoms with van der Waals surface area (Å²) in [5, 5.41) is 7.33. The summed E-state index contributed by atoms with van der Waals surface area (Å²) in [6, 6.07) is 0.00811. The van der Waals surface area contributed by atoms with Crippen molar-refractivity contribution in [1.29, 1.82) is 0 Å². The number of hydrogen-bond donors (Lipinski definition) is 1. The fourth-order valence-electron chi connectivity index (χ4n) is 4.14. The predicted molar refractivity (Wildman–Crippen MR) is 92.5 cm³/mol. The van der Waals surface area contributed by atoms with E-state index in [4.69, 9.17) is 4.74 Å². The van der Waals surface area contributed by atoms with Crippen molar-refractivity contribution >= 4 is 6.03 Å². The first-order chi connectivity index (χ1) is 11.6. The number of nitrogens with zero attached hydrogens (tertiary/aromatic N) is 3. The minimum atomic E-state index is 0.00811. The molecule has 134 valence electrons. The van der Waals surface area contributed by atoms with Crippen LogP contribution in [0.25, 0.3) is 0 Å². The normalized spacial score (nSPS) is 21.7. The molecule has 0 aliphatic heterocycles. The molecular formula is C18H30N4O2. The molecule has 1 heterocycles. The lowest BCUT2D eigenvalue weighted by Crippen LogP contribution is -2.42. The van der Waals surface area contributed by atoms with Gasteiger partial charge in [-0.25, -0.2) is 4.79 Å². The number of carbonyl (C=O) groups excluding carboxylic acids is 1. The second-order valence-corrected chi connectivity index (χ2v) is 7.45. The second kappa shape index (κ2) is 7.55. The van der Waals surface area contributed by atoms with Crippen LogP contribution < -0.4 is 5.32 Å². The summed E-state index contributed by atoms with van der Waals surface area (Å²) in [4.78, 5) is 14.4. The number of rotatable bonds is 7. The largest absolute Gasteiger partial charge is 0.383 e. The molecule has 3 rings (SSSR count). The quantitative estimate of drug-likeness (QED) is 0.834. The van der Waals surface area contributed by atoms with Gasteiger partial charge in [0.2, 0.25) is 0 Å². The molecule has 0 saturated heterocycles. The Kier molecular flexibility index (Phi) is 5.43. The number of carbonyl (C=O) groups is 1. The minimum Gasteiger partial charge on any atom is -0.383 e. The highest BCUT2D eigenvalue weighted by Crippen LogP contribution is 2.60. The lowest BCUT2D eigenvalue weighted by Gasteiger charge is -2.24. The average molecular weight is 334 g/mol. The van der Waals surface area contributed by atoms with Crippen molar-refractivity contribution in [2.24, 2.45) is 18.4 Å². The van der Waals surface area contributed by atoms with Crippen LogP contribution in [0.2, 0.25) is 0 Å². The molecule has 2 aliphatic rings. The molecule has 0 radical (unpaired) electrons.